The van der Waals surface area contributed by atoms with Gasteiger partial charge in [-0.25, -0.2) is 4.79 Å². The van der Waals surface area contributed by atoms with Crippen molar-refractivity contribution >= 4 is 11.9 Å². The Labute approximate surface area is 171 Å². The van der Waals surface area contributed by atoms with Crippen LogP contribution in [-0.4, -0.2) is 38.4 Å². The number of esters is 1. The normalized spacial score (nSPS) is 17.0. The van der Waals surface area contributed by atoms with Crippen molar-refractivity contribution in [3.63, 3.8) is 0 Å². The predicted molar refractivity (Wildman–Crippen MR) is 110 cm³/mol. The lowest BCUT2D eigenvalue weighted by Crippen LogP contribution is -2.30. The number of allylic oxidation sites excluding steroid dienone is 1. The molecule has 1 aliphatic rings. The van der Waals surface area contributed by atoms with E-state index in [1.165, 1.54) is 7.11 Å². The van der Waals surface area contributed by atoms with Crippen LogP contribution >= 0.6 is 0 Å². The highest BCUT2D eigenvalue weighted by molar-refractivity contribution is 5.92. The van der Waals surface area contributed by atoms with Gasteiger partial charge in [0.05, 0.1) is 12.7 Å². The zero-order valence-electron chi connectivity index (χ0n) is 18.3. The lowest BCUT2D eigenvalue weighted by molar-refractivity contribution is -0.136. The number of nitrogens with one attached hydrogen (secondary N) is 1. The van der Waals surface area contributed by atoms with E-state index in [9.17, 15) is 9.90 Å². The van der Waals surface area contributed by atoms with E-state index in [-0.39, 0.29) is 16.6 Å². The van der Waals surface area contributed by atoms with Crippen LogP contribution in [0, 0.1) is 0 Å². The summed E-state index contributed by atoms with van der Waals surface area (Å²) in [7, 11) is 1.35. The Bertz CT molecular complexity index is 957. The van der Waals surface area contributed by atoms with Gasteiger partial charge in [0.25, 0.3) is 0 Å². The lowest BCUT2D eigenvalue weighted by Gasteiger charge is -2.32. The van der Waals surface area contributed by atoms with E-state index in [4.69, 9.17) is 4.74 Å². The van der Waals surface area contributed by atoms with E-state index in [1.54, 1.807) is 11.6 Å². The monoisotopic (exact) mass is 399 g/mol. The van der Waals surface area contributed by atoms with Crippen molar-refractivity contribution in [2.24, 2.45) is 0 Å². The molecule has 0 saturated heterocycles. The summed E-state index contributed by atoms with van der Waals surface area (Å²) in [6, 6.07) is 3.29. The molecule has 8 heteroatoms. The number of ether oxygens (including phenoxy) is 1. The van der Waals surface area contributed by atoms with E-state index in [0.717, 1.165) is 16.7 Å². The number of aromatic nitrogens is 4. The average molecular weight is 399 g/mol. The number of benzene rings is 1. The zero-order chi connectivity index (χ0) is 21.7. The van der Waals surface area contributed by atoms with Gasteiger partial charge in [-0.2, -0.15) is 4.68 Å². The number of phenolic OH excluding ortho intramolecular Hbond substituents is 1. The van der Waals surface area contributed by atoms with Crippen LogP contribution < -0.4 is 5.32 Å². The Morgan fingerprint density at radius 3 is 2.17 bits per heavy atom. The topological polar surface area (TPSA) is 102 Å². The van der Waals surface area contributed by atoms with Gasteiger partial charge in [0.15, 0.2) is 0 Å². The molecule has 2 aromatic rings. The predicted octanol–water partition coefficient (Wildman–Crippen LogP) is 3.44. The second-order valence-corrected chi connectivity index (χ2v) is 9.47. The highest BCUT2D eigenvalue weighted by Gasteiger charge is 2.37. The van der Waals surface area contributed by atoms with Crippen molar-refractivity contribution in [1.29, 1.82) is 0 Å². The van der Waals surface area contributed by atoms with Crippen LogP contribution in [0.3, 0.4) is 0 Å². The van der Waals surface area contributed by atoms with E-state index in [1.807, 2.05) is 53.7 Å². The number of aromatic hydroxyl groups is 1. The van der Waals surface area contributed by atoms with Crippen molar-refractivity contribution in [2.45, 2.75) is 65.3 Å². The number of carbonyl (C=O) groups excluding carboxylic acids is 1. The maximum Gasteiger partial charge on any atom is 0.338 e. The molecule has 1 aliphatic heterocycles. The van der Waals surface area contributed by atoms with Gasteiger partial charge in [-0.05, 0) is 57.0 Å². The molecule has 29 heavy (non-hydrogen) atoms. The van der Waals surface area contributed by atoms with Crippen molar-refractivity contribution in [3.8, 4) is 5.75 Å². The average Bonchev–Trinajstić information content (AvgIpc) is 3.06. The minimum absolute atomic E-state index is 0.278. The SMILES string of the molecule is COC(=O)C1=C(C)Nc2nnnn2C1c1cc(C(C)(C)C)c(O)c(C(C)(C)C)c1. The summed E-state index contributed by atoms with van der Waals surface area (Å²) in [6.07, 6.45) is 0. The molecule has 0 amide bonds. The maximum atomic E-state index is 12.7. The van der Waals surface area contributed by atoms with Crippen LogP contribution in [0.1, 0.15) is 71.2 Å². The zero-order valence-corrected chi connectivity index (χ0v) is 18.3. The third-order valence-corrected chi connectivity index (χ3v) is 5.18. The highest BCUT2D eigenvalue weighted by Crippen LogP contribution is 2.43. The van der Waals surface area contributed by atoms with Crippen LogP contribution in [-0.2, 0) is 20.4 Å². The van der Waals surface area contributed by atoms with E-state index < -0.39 is 12.0 Å². The first-order chi connectivity index (χ1) is 13.4. The number of hydrogen-bond donors (Lipinski definition) is 2. The van der Waals surface area contributed by atoms with Gasteiger partial charge in [-0.1, -0.05) is 46.6 Å². The number of carbonyl (C=O) groups is 1. The third kappa shape index (κ3) is 3.59. The molecule has 2 heterocycles. The second kappa shape index (κ2) is 6.86. The number of hydrogen-bond acceptors (Lipinski definition) is 7. The van der Waals surface area contributed by atoms with Gasteiger partial charge < -0.3 is 15.2 Å². The maximum absolute atomic E-state index is 12.7. The van der Waals surface area contributed by atoms with Gasteiger partial charge in [-0.15, -0.1) is 0 Å². The minimum Gasteiger partial charge on any atom is -0.507 e. The Morgan fingerprint density at radius 1 is 1.14 bits per heavy atom. The van der Waals surface area contributed by atoms with Crippen LogP contribution in [0.2, 0.25) is 0 Å². The third-order valence-electron chi connectivity index (χ3n) is 5.18. The molecule has 1 atom stereocenters. The van der Waals surface area contributed by atoms with Crippen LogP contribution in [0.5, 0.6) is 5.75 Å². The van der Waals surface area contributed by atoms with E-state index >= 15 is 0 Å². The fourth-order valence-corrected chi connectivity index (χ4v) is 3.65. The largest absolute Gasteiger partial charge is 0.507 e. The van der Waals surface area contributed by atoms with Crippen LogP contribution in [0.4, 0.5) is 5.95 Å². The summed E-state index contributed by atoms with van der Waals surface area (Å²) in [6.45, 7) is 14.1. The number of anilines is 1. The molecule has 3 rings (SSSR count). The first kappa shape index (κ1) is 20.8. The molecule has 8 nitrogen and oxygen atoms in total. The van der Waals surface area contributed by atoms with Gasteiger partial charge >= 0.3 is 5.97 Å². The Hall–Kier alpha value is -2.90. The standard InChI is InChI=1S/C21H29N5O3/c1-11-15(18(28)29-8)16(26-19(22-11)23-24-25-26)12-9-13(20(2,3)4)17(27)14(10-12)21(5,6)7/h9-10,16,27H,1-8H3,(H,22,23,25). The van der Waals surface area contributed by atoms with Crippen LogP contribution in [0.15, 0.2) is 23.4 Å². The van der Waals surface area contributed by atoms with Crippen molar-refractivity contribution in [3.05, 3.63) is 40.1 Å². The molecule has 2 N–H and O–H groups in total. The Morgan fingerprint density at radius 2 is 1.69 bits per heavy atom. The molecule has 156 valence electrons. The number of tetrazole rings is 1. The van der Waals surface area contributed by atoms with Gasteiger partial charge in [0.1, 0.15) is 11.8 Å². The number of phenols is 1. The number of fused-ring (bicyclic) bond motifs is 1. The Balaban J connectivity index is 2.35. The molecule has 0 fully saturated rings. The van der Waals surface area contributed by atoms with E-state index in [0.29, 0.717) is 17.2 Å². The quantitative estimate of drug-likeness (QED) is 0.746. The number of methoxy groups -OCH3 is 1. The fraction of sp³-hybridized carbons (Fsp3) is 0.524. The van der Waals surface area contributed by atoms with Gasteiger partial charge in [0, 0.05) is 5.70 Å². The van der Waals surface area contributed by atoms with Crippen LogP contribution in [0.25, 0.3) is 0 Å². The van der Waals surface area contributed by atoms with Gasteiger partial charge in [-0.3, -0.25) is 0 Å². The smallest absolute Gasteiger partial charge is 0.338 e. The number of rotatable bonds is 2. The van der Waals surface area contributed by atoms with Gasteiger partial charge in [0.2, 0.25) is 5.95 Å². The first-order valence-corrected chi connectivity index (χ1v) is 9.58. The molecule has 1 aromatic heterocycles. The van der Waals surface area contributed by atoms with Crippen molar-refractivity contribution < 1.29 is 14.6 Å². The molecule has 0 aliphatic carbocycles. The summed E-state index contributed by atoms with van der Waals surface area (Å²) in [5.74, 6) is 0.270. The first-order valence-electron chi connectivity index (χ1n) is 9.58. The lowest BCUT2D eigenvalue weighted by atomic mass is 9.77. The summed E-state index contributed by atoms with van der Waals surface area (Å²) >= 11 is 0. The molecular formula is C21H29N5O3. The highest BCUT2D eigenvalue weighted by atomic mass is 16.5. The molecular weight excluding hydrogens is 370 g/mol. The second-order valence-electron chi connectivity index (χ2n) is 9.47. The molecule has 0 radical (unpaired) electrons. The molecule has 1 unspecified atom stereocenters. The molecule has 0 saturated carbocycles. The number of nitrogens with zero attached hydrogens (tertiary/aromatic N) is 4. The molecule has 0 spiro atoms. The van der Waals surface area contributed by atoms with Crippen molar-refractivity contribution in [2.75, 3.05) is 12.4 Å². The summed E-state index contributed by atoms with van der Waals surface area (Å²) in [5, 5.41) is 26.0. The fourth-order valence-electron chi connectivity index (χ4n) is 3.65. The van der Waals surface area contributed by atoms with E-state index in [2.05, 4.69) is 20.8 Å². The summed E-state index contributed by atoms with van der Waals surface area (Å²) in [4.78, 5) is 12.7. The Kier molecular flexibility index (Phi) is 4.93. The molecule has 0 bridgehead atoms. The minimum atomic E-state index is -0.573. The summed E-state index contributed by atoms with van der Waals surface area (Å²) in [5.41, 5.74) is 2.86. The van der Waals surface area contributed by atoms with Crippen molar-refractivity contribution in [1.82, 2.24) is 20.2 Å². The molecule has 1 aromatic carbocycles. The summed E-state index contributed by atoms with van der Waals surface area (Å²) < 4.78 is 6.63.